The van der Waals surface area contributed by atoms with Crippen LogP contribution in [0.1, 0.15) is 43.2 Å². The molecule has 0 bridgehead atoms. The van der Waals surface area contributed by atoms with E-state index < -0.39 is 22.9 Å². The molecular weight excluding hydrogens is 451 g/mol. The molecule has 0 atom stereocenters. The molecule has 0 saturated carbocycles. The van der Waals surface area contributed by atoms with Crippen molar-refractivity contribution >= 4 is 46.3 Å². The van der Waals surface area contributed by atoms with E-state index in [0.717, 1.165) is 38.1 Å². The number of likely N-dealkylation sites (tertiary alicyclic amines) is 1. The molecule has 1 N–H and O–H groups in total. The van der Waals surface area contributed by atoms with Gasteiger partial charge in [0.15, 0.2) is 0 Å². The first-order valence-corrected chi connectivity index (χ1v) is 11.6. The van der Waals surface area contributed by atoms with Crippen LogP contribution in [0.25, 0.3) is 6.08 Å². The fourth-order valence-corrected chi connectivity index (χ4v) is 5.55. The van der Waals surface area contributed by atoms with Gasteiger partial charge in [-0.2, -0.15) is 13.2 Å². The standard InChI is InChI=1S/C21H23ClF3N3O2S/c22-16-12-14(21(23,24)25)10-13(11-17-19(29)26-20(30)31-17)18(16)28-8-4-15(5-9-28)27-6-2-1-3-7-27/h10-12,15H,1-9H2,(H,26,29,30). The Morgan fingerprint density at radius 1 is 1.06 bits per heavy atom. The van der Waals surface area contributed by atoms with E-state index in [2.05, 4.69) is 10.2 Å². The second kappa shape index (κ2) is 9.03. The fourth-order valence-electron chi connectivity index (χ4n) is 4.53. The maximum absolute atomic E-state index is 13.4. The van der Waals surface area contributed by atoms with Crippen LogP contribution in [-0.2, 0) is 11.0 Å². The van der Waals surface area contributed by atoms with E-state index in [0.29, 0.717) is 36.6 Å². The maximum Gasteiger partial charge on any atom is 0.416 e. The fraction of sp³-hybridized carbons (Fsp3) is 0.524. The molecule has 2 amide bonds. The third kappa shape index (κ3) is 5.04. The minimum Gasteiger partial charge on any atom is -0.370 e. The van der Waals surface area contributed by atoms with Gasteiger partial charge in [0, 0.05) is 24.7 Å². The minimum atomic E-state index is -4.57. The van der Waals surface area contributed by atoms with Crippen molar-refractivity contribution in [3.8, 4) is 0 Å². The molecular formula is C21H23ClF3N3O2S. The van der Waals surface area contributed by atoms with Crippen molar-refractivity contribution < 1.29 is 22.8 Å². The number of anilines is 1. The molecule has 3 saturated heterocycles. The highest BCUT2D eigenvalue weighted by atomic mass is 35.5. The zero-order valence-electron chi connectivity index (χ0n) is 16.8. The number of alkyl halides is 3. The summed E-state index contributed by atoms with van der Waals surface area (Å²) in [7, 11) is 0. The van der Waals surface area contributed by atoms with Crippen molar-refractivity contribution in [1.82, 2.24) is 10.2 Å². The Hall–Kier alpha value is -1.71. The molecule has 0 spiro atoms. The second-order valence-electron chi connectivity index (χ2n) is 8.06. The number of piperidine rings is 2. The largest absolute Gasteiger partial charge is 0.416 e. The van der Waals surface area contributed by atoms with Crippen LogP contribution in [0.3, 0.4) is 0 Å². The van der Waals surface area contributed by atoms with Gasteiger partial charge in [-0.1, -0.05) is 18.0 Å². The molecule has 3 heterocycles. The molecule has 5 nitrogen and oxygen atoms in total. The Morgan fingerprint density at radius 3 is 2.32 bits per heavy atom. The van der Waals surface area contributed by atoms with Crippen LogP contribution in [-0.4, -0.2) is 48.3 Å². The van der Waals surface area contributed by atoms with E-state index in [4.69, 9.17) is 11.6 Å². The SMILES string of the molecule is O=C1NC(=O)C(=Cc2cc(C(F)(F)F)cc(Cl)c2N2CCC(N3CCCCC3)CC2)S1. The van der Waals surface area contributed by atoms with Gasteiger partial charge in [-0.3, -0.25) is 14.9 Å². The zero-order valence-corrected chi connectivity index (χ0v) is 18.4. The first-order chi connectivity index (χ1) is 14.7. The predicted octanol–water partition coefficient (Wildman–Crippen LogP) is 5.14. The number of carbonyl (C=O) groups is 2. The Morgan fingerprint density at radius 2 is 1.74 bits per heavy atom. The summed E-state index contributed by atoms with van der Waals surface area (Å²) < 4.78 is 40.2. The lowest BCUT2D eigenvalue weighted by Crippen LogP contribution is -2.47. The number of nitrogens with zero attached hydrogens (tertiary/aromatic N) is 2. The quantitative estimate of drug-likeness (QED) is 0.616. The molecule has 10 heteroatoms. The van der Waals surface area contributed by atoms with Crippen LogP contribution in [0.5, 0.6) is 0 Å². The number of hydrogen-bond acceptors (Lipinski definition) is 5. The van der Waals surface area contributed by atoms with Crippen LogP contribution in [0.4, 0.5) is 23.7 Å². The summed E-state index contributed by atoms with van der Waals surface area (Å²) in [4.78, 5) is 28.0. The van der Waals surface area contributed by atoms with Crippen LogP contribution in [0.2, 0.25) is 5.02 Å². The highest BCUT2D eigenvalue weighted by Gasteiger charge is 2.34. The van der Waals surface area contributed by atoms with Crippen LogP contribution in [0, 0.1) is 0 Å². The molecule has 168 valence electrons. The molecule has 3 aliphatic heterocycles. The smallest absolute Gasteiger partial charge is 0.370 e. The monoisotopic (exact) mass is 473 g/mol. The van der Waals surface area contributed by atoms with Gasteiger partial charge in [-0.05, 0) is 68.7 Å². The van der Waals surface area contributed by atoms with Crippen molar-refractivity contribution in [2.75, 3.05) is 31.1 Å². The molecule has 3 aliphatic rings. The number of amides is 2. The van der Waals surface area contributed by atoms with Gasteiger partial charge in [0.2, 0.25) is 0 Å². The van der Waals surface area contributed by atoms with Crippen molar-refractivity contribution in [2.45, 2.75) is 44.3 Å². The summed E-state index contributed by atoms with van der Waals surface area (Å²) in [6.45, 7) is 3.54. The lowest BCUT2D eigenvalue weighted by atomic mass is 9.98. The van der Waals surface area contributed by atoms with E-state index >= 15 is 0 Å². The number of halogens is 4. The second-order valence-corrected chi connectivity index (χ2v) is 9.48. The van der Waals surface area contributed by atoms with Crippen LogP contribution < -0.4 is 10.2 Å². The highest BCUT2D eigenvalue weighted by molar-refractivity contribution is 8.18. The Balaban J connectivity index is 1.63. The Labute approximate surface area is 188 Å². The number of rotatable bonds is 3. The van der Waals surface area contributed by atoms with Gasteiger partial charge in [-0.25, -0.2) is 0 Å². The molecule has 0 radical (unpaired) electrons. The number of thioether (sulfide) groups is 1. The van der Waals surface area contributed by atoms with E-state index in [-0.39, 0.29) is 15.5 Å². The van der Waals surface area contributed by atoms with Crippen molar-refractivity contribution in [1.29, 1.82) is 0 Å². The third-order valence-corrected chi connectivity index (χ3v) is 7.14. The zero-order chi connectivity index (χ0) is 22.2. The van der Waals surface area contributed by atoms with Crippen LogP contribution in [0.15, 0.2) is 17.0 Å². The topological polar surface area (TPSA) is 52.7 Å². The van der Waals surface area contributed by atoms with Crippen LogP contribution >= 0.6 is 23.4 Å². The molecule has 3 fully saturated rings. The Kier molecular flexibility index (Phi) is 6.55. The molecule has 31 heavy (non-hydrogen) atoms. The molecule has 0 aliphatic carbocycles. The first-order valence-electron chi connectivity index (χ1n) is 10.4. The predicted molar refractivity (Wildman–Crippen MR) is 116 cm³/mol. The van der Waals surface area contributed by atoms with Gasteiger partial charge in [0.25, 0.3) is 11.1 Å². The summed E-state index contributed by atoms with van der Waals surface area (Å²) >= 11 is 7.03. The average molecular weight is 474 g/mol. The van der Waals surface area contributed by atoms with Gasteiger partial charge in [0.1, 0.15) is 0 Å². The van der Waals surface area contributed by atoms with E-state index in [9.17, 15) is 22.8 Å². The van der Waals surface area contributed by atoms with Crippen molar-refractivity contribution in [3.63, 3.8) is 0 Å². The Bertz CT molecular complexity index is 908. The third-order valence-electron chi connectivity index (χ3n) is 6.04. The minimum absolute atomic E-state index is 0.00664. The number of carbonyl (C=O) groups excluding carboxylic acids is 2. The summed E-state index contributed by atoms with van der Waals surface area (Å²) in [6, 6.07) is 2.41. The number of hydrogen-bond donors (Lipinski definition) is 1. The van der Waals surface area contributed by atoms with Gasteiger partial charge in [-0.15, -0.1) is 0 Å². The average Bonchev–Trinajstić information content (AvgIpc) is 3.04. The molecule has 0 aromatic heterocycles. The first kappa shape index (κ1) is 22.5. The van der Waals surface area contributed by atoms with E-state index in [1.54, 1.807) is 0 Å². The summed E-state index contributed by atoms with van der Waals surface area (Å²) in [6.07, 6.45) is 2.25. The summed E-state index contributed by atoms with van der Waals surface area (Å²) in [5, 5.41) is 1.58. The number of benzene rings is 1. The van der Waals surface area contributed by atoms with Gasteiger partial charge >= 0.3 is 6.18 Å². The van der Waals surface area contributed by atoms with E-state index in [1.165, 1.54) is 25.3 Å². The number of imide groups is 1. The van der Waals surface area contributed by atoms with Crippen molar-refractivity contribution in [3.05, 3.63) is 33.2 Å². The number of nitrogens with one attached hydrogen (secondary N) is 1. The normalized spacial score (nSPS) is 23.0. The summed E-state index contributed by atoms with van der Waals surface area (Å²) in [5.41, 5.74) is -0.207. The summed E-state index contributed by atoms with van der Waals surface area (Å²) in [5.74, 6) is -0.613. The molecule has 1 aromatic rings. The highest BCUT2D eigenvalue weighted by Crippen LogP contribution is 2.41. The molecule has 4 rings (SSSR count). The van der Waals surface area contributed by atoms with Gasteiger partial charge < -0.3 is 9.80 Å². The lowest BCUT2D eigenvalue weighted by molar-refractivity contribution is -0.137. The molecule has 1 aromatic carbocycles. The van der Waals surface area contributed by atoms with Crippen molar-refractivity contribution in [2.24, 2.45) is 0 Å². The van der Waals surface area contributed by atoms with Gasteiger partial charge in [0.05, 0.1) is 21.2 Å². The molecule has 0 unspecified atom stereocenters. The maximum atomic E-state index is 13.4. The lowest BCUT2D eigenvalue weighted by Gasteiger charge is -2.41. The van der Waals surface area contributed by atoms with E-state index in [1.807, 2.05) is 4.90 Å².